The van der Waals surface area contributed by atoms with Crippen molar-refractivity contribution in [2.45, 2.75) is 13.8 Å². The maximum Gasteiger partial charge on any atom is 0.0946 e. The van der Waals surface area contributed by atoms with Gasteiger partial charge in [0.25, 0.3) is 0 Å². The summed E-state index contributed by atoms with van der Waals surface area (Å²) in [7, 11) is -4.03. The zero-order valence-electron chi connectivity index (χ0n) is 7.44. The Morgan fingerprint density at radius 2 is 1.86 bits per heavy atom. The number of hydrogen-bond donors (Lipinski definition) is 0. The molecule has 1 aliphatic heterocycles. The quantitative estimate of drug-likeness (QED) is 0.623. The molecule has 0 amide bonds. The van der Waals surface area contributed by atoms with Gasteiger partial charge < -0.3 is 9.29 Å². The number of nitrogens with zero attached hydrogens (tertiary/aromatic N) is 1. The molecule has 86 valence electrons. The van der Waals surface area contributed by atoms with Crippen molar-refractivity contribution < 1.29 is 17.7 Å². The summed E-state index contributed by atoms with van der Waals surface area (Å²) in [6, 6.07) is 0. The Labute approximate surface area is 85.8 Å². The van der Waals surface area contributed by atoms with Gasteiger partial charge in [0.05, 0.1) is 23.3 Å². The molecular weight excluding hydrogens is 206 g/mol. The molecule has 1 rings (SSSR count). The molecule has 6 heteroatoms. The number of morpholine rings is 1. The SMILES string of the molecule is C.O=S(=O)([O-])CCCN1CCOCC1. The molecule has 1 saturated heterocycles. The average Bonchev–Trinajstić information content (AvgIpc) is 2.04. The number of rotatable bonds is 4. The predicted octanol–water partition coefficient (Wildman–Crippen LogP) is -0.110. The van der Waals surface area contributed by atoms with Crippen LogP contribution >= 0.6 is 0 Å². The lowest BCUT2D eigenvalue weighted by molar-refractivity contribution is 0.0380. The lowest BCUT2D eigenvalue weighted by Gasteiger charge is -2.26. The van der Waals surface area contributed by atoms with Crippen LogP contribution in [0.1, 0.15) is 13.8 Å². The van der Waals surface area contributed by atoms with Crippen LogP contribution in [-0.4, -0.2) is 56.5 Å². The molecule has 0 aromatic heterocycles. The molecular formula is C8H18NO4S-. The van der Waals surface area contributed by atoms with Crippen molar-refractivity contribution in [3.05, 3.63) is 0 Å². The van der Waals surface area contributed by atoms with Gasteiger partial charge in [-0.05, 0) is 13.0 Å². The van der Waals surface area contributed by atoms with Crippen molar-refractivity contribution in [1.82, 2.24) is 4.90 Å². The first kappa shape index (κ1) is 13.8. The van der Waals surface area contributed by atoms with Gasteiger partial charge in [-0.25, -0.2) is 8.42 Å². The Bertz CT molecular complexity index is 234. The first-order valence-corrected chi connectivity index (χ1v) is 5.89. The van der Waals surface area contributed by atoms with E-state index in [4.69, 9.17) is 4.74 Å². The molecule has 0 spiro atoms. The third kappa shape index (κ3) is 6.31. The van der Waals surface area contributed by atoms with Gasteiger partial charge in [0.15, 0.2) is 0 Å². The van der Waals surface area contributed by atoms with Crippen LogP contribution in [0.4, 0.5) is 0 Å². The molecule has 1 aliphatic rings. The number of hydrogen-bond acceptors (Lipinski definition) is 5. The first-order valence-electron chi connectivity index (χ1n) is 4.31. The third-order valence-electron chi connectivity index (χ3n) is 1.97. The van der Waals surface area contributed by atoms with Crippen LogP contribution in [-0.2, 0) is 14.9 Å². The zero-order chi connectivity index (χ0) is 9.73. The van der Waals surface area contributed by atoms with Gasteiger partial charge in [0.2, 0.25) is 0 Å². The maximum absolute atomic E-state index is 10.3. The van der Waals surface area contributed by atoms with Crippen molar-refractivity contribution in [2.24, 2.45) is 0 Å². The van der Waals surface area contributed by atoms with E-state index in [0.29, 0.717) is 26.2 Å². The fraction of sp³-hybridized carbons (Fsp3) is 1.00. The van der Waals surface area contributed by atoms with E-state index in [1.807, 2.05) is 0 Å². The molecule has 5 nitrogen and oxygen atoms in total. The van der Waals surface area contributed by atoms with E-state index < -0.39 is 10.1 Å². The second kappa shape index (κ2) is 6.34. The second-order valence-electron chi connectivity index (χ2n) is 3.07. The fourth-order valence-corrected chi connectivity index (χ4v) is 1.77. The molecule has 0 saturated carbocycles. The van der Waals surface area contributed by atoms with Crippen molar-refractivity contribution in [3.8, 4) is 0 Å². The summed E-state index contributed by atoms with van der Waals surface area (Å²) in [5.41, 5.74) is 0. The molecule has 0 N–H and O–H groups in total. The summed E-state index contributed by atoms with van der Waals surface area (Å²) in [6.45, 7) is 3.73. The van der Waals surface area contributed by atoms with E-state index in [1.54, 1.807) is 0 Å². The molecule has 0 atom stereocenters. The fourth-order valence-electron chi connectivity index (χ4n) is 1.29. The summed E-state index contributed by atoms with van der Waals surface area (Å²) in [4.78, 5) is 2.11. The van der Waals surface area contributed by atoms with E-state index >= 15 is 0 Å². The van der Waals surface area contributed by atoms with Crippen molar-refractivity contribution in [1.29, 1.82) is 0 Å². The molecule has 14 heavy (non-hydrogen) atoms. The Kier molecular flexibility index (Phi) is 6.26. The molecule has 1 fully saturated rings. The highest BCUT2D eigenvalue weighted by molar-refractivity contribution is 7.85. The highest BCUT2D eigenvalue weighted by Gasteiger charge is 2.09. The standard InChI is InChI=1S/C7H15NO4S.CH4/c9-13(10,11)7-1-2-8-3-5-12-6-4-8;/h1-7H2,(H,9,10,11);1H4/p-1. The zero-order valence-corrected chi connectivity index (χ0v) is 8.25. The minimum atomic E-state index is -4.03. The number of ether oxygens (including phenoxy) is 1. The smallest absolute Gasteiger partial charge is 0.0946 e. The summed E-state index contributed by atoms with van der Waals surface area (Å²) in [6.07, 6.45) is 0.422. The van der Waals surface area contributed by atoms with Gasteiger partial charge in [-0.2, -0.15) is 0 Å². The third-order valence-corrected chi connectivity index (χ3v) is 2.76. The summed E-state index contributed by atoms with van der Waals surface area (Å²) < 4.78 is 35.9. The Hall–Kier alpha value is -0.170. The molecule has 0 radical (unpaired) electrons. The van der Waals surface area contributed by atoms with E-state index in [0.717, 1.165) is 13.1 Å². The second-order valence-corrected chi connectivity index (χ2v) is 4.59. The van der Waals surface area contributed by atoms with Crippen molar-refractivity contribution in [2.75, 3.05) is 38.6 Å². The molecule has 0 aromatic rings. The minimum Gasteiger partial charge on any atom is -0.748 e. The Morgan fingerprint density at radius 1 is 1.29 bits per heavy atom. The van der Waals surface area contributed by atoms with Crippen LogP contribution in [0.5, 0.6) is 0 Å². The van der Waals surface area contributed by atoms with Gasteiger partial charge in [0, 0.05) is 18.8 Å². The average molecular weight is 224 g/mol. The Balaban J connectivity index is 0.00000169. The van der Waals surface area contributed by atoms with Crippen molar-refractivity contribution in [3.63, 3.8) is 0 Å². The molecule has 0 aliphatic carbocycles. The molecule has 1 heterocycles. The highest BCUT2D eigenvalue weighted by Crippen LogP contribution is 1.98. The van der Waals surface area contributed by atoms with Crippen LogP contribution in [0.2, 0.25) is 0 Å². The van der Waals surface area contributed by atoms with Crippen LogP contribution in [0.25, 0.3) is 0 Å². The lowest BCUT2D eigenvalue weighted by Crippen LogP contribution is -2.37. The van der Waals surface area contributed by atoms with Crippen molar-refractivity contribution >= 4 is 10.1 Å². The van der Waals surface area contributed by atoms with Gasteiger partial charge in [-0.3, -0.25) is 4.90 Å². The van der Waals surface area contributed by atoms with E-state index in [9.17, 15) is 13.0 Å². The van der Waals surface area contributed by atoms with Gasteiger partial charge in [0.1, 0.15) is 0 Å². The van der Waals surface area contributed by atoms with Gasteiger partial charge in [-0.15, -0.1) is 0 Å². The van der Waals surface area contributed by atoms with Crippen LogP contribution in [0.3, 0.4) is 0 Å². The van der Waals surface area contributed by atoms with Gasteiger partial charge >= 0.3 is 0 Å². The predicted molar refractivity (Wildman–Crippen MR) is 53.2 cm³/mol. The Morgan fingerprint density at radius 3 is 2.36 bits per heavy atom. The largest absolute Gasteiger partial charge is 0.748 e. The maximum atomic E-state index is 10.3. The summed E-state index contributed by atoms with van der Waals surface area (Å²) >= 11 is 0. The van der Waals surface area contributed by atoms with Crippen LogP contribution in [0.15, 0.2) is 0 Å². The summed E-state index contributed by atoms with van der Waals surface area (Å²) in [5.74, 6) is -0.260. The normalized spacial score (nSPS) is 18.9. The van der Waals surface area contributed by atoms with E-state index in [-0.39, 0.29) is 13.2 Å². The molecule has 0 unspecified atom stereocenters. The first-order chi connectivity index (χ1) is 6.08. The summed E-state index contributed by atoms with van der Waals surface area (Å²) in [5, 5.41) is 0. The highest BCUT2D eigenvalue weighted by atomic mass is 32.2. The molecule has 0 aromatic carbocycles. The van der Waals surface area contributed by atoms with Crippen LogP contribution < -0.4 is 0 Å². The van der Waals surface area contributed by atoms with E-state index in [2.05, 4.69) is 4.90 Å². The lowest BCUT2D eigenvalue weighted by atomic mass is 10.4. The molecule has 0 bridgehead atoms. The monoisotopic (exact) mass is 224 g/mol. The van der Waals surface area contributed by atoms with E-state index in [1.165, 1.54) is 0 Å². The topological polar surface area (TPSA) is 69.7 Å². The minimum absolute atomic E-state index is 0. The van der Waals surface area contributed by atoms with Crippen LogP contribution in [0, 0.1) is 0 Å². The van der Waals surface area contributed by atoms with Gasteiger partial charge in [-0.1, -0.05) is 7.43 Å².